The molecule has 0 saturated carbocycles. The minimum Gasteiger partial charge on any atom is -0.467 e. The normalized spacial score (nSPS) is 11.9. The van der Waals surface area contributed by atoms with Gasteiger partial charge < -0.3 is 19.0 Å². The Morgan fingerprint density at radius 1 is 1.14 bits per heavy atom. The number of aromatic nitrogens is 1. The van der Waals surface area contributed by atoms with Crippen LogP contribution in [0.3, 0.4) is 0 Å². The van der Waals surface area contributed by atoms with Crippen LogP contribution in [0.4, 0.5) is 5.69 Å². The lowest BCUT2D eigenvalue weighted by Crippen LogP contribution is -2.30. The summed E-state index contributed by atoms with van der Waals surface area (Å²) in [6, 6.07) is 12.9. The van der Waals surface area contributed by atoms with Crippen LogP contribution in [0, 0.1) is 20.8 Å². The Labute approximate surface area is 164 Å². The molecule has 1 atom stereocenters. The third kappa shape index (κ3) is 4.34. The van der Waals surface area contributed by atoms with Crippen LogP contribution in [0.1, 0.15) is 40.0 Å². The minimum absolute atomic E-state index is 0.372. The first-order chi connectivity index (χ1) is 13.3. The molecule has 28 heavy (non-hydrogen) atoms. The van der Waals surface area contributed by atoms with E-state index in [0.717, 1.165) is 22.7 Å². The van der Waals surface area contributed by atoms with Gasteiger partial charge in [0.1, 0.15) is 5.76 Å². The van der Waals surface area contributed by atoms with Crippen LogP contribution < -0.4 is 5.32 Å². The van der Waals surface area contributed by atoms with Crippen LogP contribution in [0.25, 0.3) is 0 Å². The number of nitrogens with zero attached hydrogens (tertiary/aromatic N) is 1. The maximum Gasteiger partial charge on any atom is 0.340 e. The van der Waals surface area contributed by atoms with Gasteiger partial charge in [-0.3, -0.25) is 4.79 Å². The molecule has 0 fully saturated rings. The predicted molar refractivity (Wildman–Crippen MR) is 106 cm³/mol. The number of esters is 1. The van der Waals surface area contributed by atoms with E-state index in [1.807, 2.05) is 55.7 Å². The standard InChI is InChI=1S/C22H24N2O4/c1-14-7-5-8-18(11-14)23-21(25)17(4)28-22(26)20-12-15(2)24(16(20)3)13-19-9-6-10-27-19/h5-12,17H,13H2,1-4H3,(H,23,25)/t17-/m1/s1. The molecular weight excluding hydrogens is 356 g/mol. The fraction of sp³-hybridized carbons (Fsp3) is 0.273. The van der Waals surface area contributed by atoms with E-state index in [9.17, 15) is 9.59 Å². The van der Waals surface area contributed by atoms with Crippen LogP contribution in [0.15, 0.2) is 53.1 Å². The Morgan fingerprint density at radius 3 is 2.61 bits per heavy atom. The molecule has 2 heterocycles. The van der Waals surface area contributed by atoms with Crippen molar-refractivity contribution in [3.05, 3.63) is 77.0 Å². The molecule has 0 aliphatic carbocycles. The van der Waals surface area contributed by atoms with E-state index in [2.05, 4.69) is 5.32 Å². The van der Waals surface area contributed by atoms with Crippen LogP contribution in [0.2, 0.25) is 0 Å². The first kappa shape index (κ1) is 19.5. The van der Waals surface area contributed by atoms with Gasteiger partial charge in [-0.1, -0.05) is 12.1 Å². The number of anilines is 1. The van der Waals surface area contributed by atoms with Crippen molar-refractivity contribution in [2.24, 2.45) is 0 Å². The number of hydrogen-bond donors (Lipinski definition) is 1. The summed E-state index contributed by atoms with van der Waals surface area (Å²) >= 11 is 0. The van der Waals surface area contributed by atoms with Crippen molar-refractivity contribution in [3.8, 4) is 0 Å². The molecular formula is C22H24N2O4. The van der Waals surface area contributed by atoms with Crippen LogP contribution >= 0.6 is 0 Å². The van der Waals surface area contributed by atoms with E-state index < -0.39 is 12.1 Å². The highest BCUT2D eigenvalue weighted by Gasteiger charge is 2.23. The Hall–Kier alpha value is -3.28. The molecule has 0 bridgehead atoms. The predicted octanol–water partition coefficient (Wildman–Crippen LogP) is 4.24. The van der Waals surface area contributed by atoms with Crippen LogP contribution in [-0.4, -0.2) is 22.5 Å². The van der Waals surface area contributed by atoms with Gasteiger partial charge in [-0.05, 0) is 63.6 Å². The van der Waals surface area contributed by atoms with Gasteiger partial charge in [-0.15, -0.1) is 0 Å². The van der Waals surface area contributed by atoms with Crippen molar-refractivity contribution in [1.29, 1.82) is 0 Å². The fourth-order valence-corrected chi connectivity index (χ4v) is 3.05. The maximum absolute atomic E-state index is 12.6. The molecule has 146 valence electrons. The molecule has 3 rings (SSSR count). The third-order valence-electron chi connectivity index (χ3n) is 4.63. The topological polar surface area (TPSA) is 73.5 Å². The Kier molecular flexibility index (Phi) is 5.68. The largest absolute Gasteiger partial charge is 0.467 e. The quantitative estimate of drug-likeness (QED) is 0.649. The van der Waals surface area contributed by atoms with Crippen molar-refractivity contribution in [2.75, 3.05) is 5.32 Å². The number of nitrogens with one attached hydrogen (secondary N) is 1. The fourth-order valence-electron chi connectivity index (χ4n) is 3.05. The van der Waals surface area contributed by atoms with Gasteiger partial charge in [-0.25, -0.2) is 4.79 Å². The SMILES string of the molecule is Cc1cccc(NC(=O)[C@@H](C)OC(=O)c2cc(C)n(Cc3ccco3)c2C)c1. The number of aryl methyl sites for hydroxylation is 2. The lowest BCUT2D eigenvalue weighted by molar-refractivity contribution is -0.123. The van der Waals surface area contributed by atoms with E-state index in [1.54, 1.807) is 25.3 Å². The third-order valence-corrected chi connectivity index (χ3v) is 4.63. The summed E-state index contributed by atoms with van der Waals surface area (Å²) in [4.78, 5) is 25.0. The van der Waals surface area contributed by atoms with Crippen molar-refractivity contribution in [1.82, 2.24) is 4.57 Å². The highest BCUT2D eigenvalue weighted by Crippen LogP contribution is 2.19. The van der Waals surface area contributed by atoms with Gasteiger partial charge in [-0.2, -0.15) is 0 Å². The second-order valence-electron chi connectivity index (χ2n) is 6.86. The molecule has 0 spiro atoms. The molecule has 1 N–H and O–H groups in total. The number of carbonyl (C=O) groups excluding carboxylic acids is 2. The molecule has 3 aromatic rings. The molecule has 0 aliphatic rings. The highest BCUT2D eigenvalue weighted by atomic mass is 16.5. The molecule has 0 aliphatic heterocycles. The molecule has 6 nitrogen and oxygen atoms in total. The molecule has 2 aromatic heterocycles. The number of carbonyl (C=O) groups is 2. The highest BCUT2D eigenvalue weighted by molar-refractivity contribution is 5.97. The zero-order chi connectivity index (χ0) is 20.3. The zero-order valence-electron chi connectivity index (χ0n) is 16.5. The van der Waals surface area contributed by atoms with Crippen molar-refractivity contribution in [2.45, 2.75) is 40.3 Å². The summed E-state index contributed by atoms with van der Waals surface area (Å²) in [5.41, 5.74) is 3.83. The summed E-state index contributed by atoms with van der Waals surface area (Å²) in [5.74, 6) is -0.0957. The molecule has 0 radical (unpaired) electrons. The van der Waals surface area contributed by atoms with Crippen LogP contribution in [-0.2, 0) is 16.1 Å². The number of amides is 1. The van der Waals surface area contributed by atoms with Gasteiger partial charge in [0.25, 0.3) is 5.91 Å². The average molecular weight is 380 g/mol. The average Bonchev–Trinajstić information content (AvgIpc) is 3.25. The van der Waals surface area contributed by atoms with Gasteiger partial charge in [0.15, 0.2) is 6.10 Å². The second kappa shape index (κ2) is 8.17. The lowest BCUT2D eigenvalue weighted by Gasteiger charge is -2.14. The monoisotopic (exact) mass is 380 g/mol. The molecule has 1 aromatic carbocycles. The van der Waals surface area contributed by atoms with Gasteiger partial charge in [0, 0.05) is 17.1 Å². The van der Waals surface area contributed by atoms with E-state index in [-0.39, 0.29) is 5.91 Å². The Balaban J connectivity index is 1.67. The number of hydrogen-bond acceptors (Lipinski definition) is 4. The summed E-state index contributed by atoms with van der Waals surface area (Å²) in [6.45, 7) is 7.80. The van der Waals surface area contributed by atoms with Crippen LogP contribution in [0.5, 0.6) is 0 Å². The molecule has 0 saturated heterocycles. The van der Waals surface area contributed by atoms with E-state index in [1.165, 1.54) is 0 Å². The Bertz CT molecular complexity index is 986. The second-order valence-corrected chi connectivity index (χ2v) is 6.86. The van der Waals surface area contributed by atoms with Crippen molar-refractivity contribution >= 4 is 17.6 Å². The molecule has 6 heteroatoms. The number of benzene rings is 1. The molecule has 0 unspecified atom stereocenters. The maximum atomic E-state index is 12.6. The summed E-state index contributed by atoms with van der Waals surface area (Å²) in [5, 5.41) is 2.77. The number of ether oxygens (including phenoxy) is 1. The smallest absolute Gasteiger partial charge is 0.340 e. The van der Waals surface area contributed by atoms with Gasteiger partial charge in [0.05, 0.1) is 18.4 Å². The first-order valence-electron chi connectivity index (χ1n) is 9.12. The van der Waals surface area contributed by atoms with Crippen molar-refractivity contribution < 1.29 is 18.7 Å². The minimum atomic E-state index is -0.916. The lowest BCUT2D eigenvalue weighted by atomic mass is 10.2. The molecule has 1 amide bonds. The van der Waals surface area contributed by atoms with E-state index >= 15 is 0 Å². The summed E-state index contributed by atoms with van der Waals surface area (Å²) in [6.07, 6.45) is 0.703. The van der Waals surface area contributed by atoms with Crippen molar-refractivity contribution in [3.63, 3.8) is 0 Å². The zero-order valence-corrected chi connectivity index (χ0v) is 16.5. The number of rotatable bonds is 6. The van der Waals surface area contributed by atoms with E-state index in [0.29, 0.717) is 17.8 Å². The van der Waals surface area contributed by atoms with E-state index in [4.69, 9.17) is 9.15 Å². The summed E-state index contributed by atoms with van der Waals surface area (Å²) in [7, 11) is 0. The van der Waals surface area contributed by atoms with Gasteiger partial charge >= 0.3 is 5.97 Å². The summed E-state index contributed by atoms with van der Waals surface area (Å²) < 4.78 is 12.8. The first-order valence-corrected chi connectivity index (χ1v) is 9.12. The Morgan fingerprint density at radius 2 is 1.93 bits per heavy atom. The number of furan rings is 1. The van der Waals surface area contributed by atoms with Gasteiger partial charge in [0.2, 0.25) is 0 Å².